The molecule has 1 rings (SSSR count). The largest absolute Gasteiger partial charge is 0.458 e. The highest BCUT2D eigenvalue weighted by atomic mass is 19.4. The van der Waals surface area contributed by atoms with E-state index in [1.54, 1.807) is 32.2 Å². The fraction of sp³-hybridized carbons (Fsp3) is 0.891. The number of rotatable bonds is 38. The molecular weight excluding hydrogens is 837 g/mol. The summed E-state index contributed by atoms with van der Waals surface area (Å²) in [7, 11) is 0. The fourth-order valence-corrected chi connectivity index (χ4v) is 10.6. The van der Waals surface area contributed by atoms with Crippen LogP contribution in [0.15, 0.2) is 6.07 Å². The summed E-state index contributed by atoms with van der Waals surface area (Å²) in [6, 6.07) is 0.368. The Labute approximate surface area is 396 Å². The van der Waals surface area contributed by atoms with Gasteiger partial charge in [0.15, 0.2) is 23.1 Å². The Balaban J connectivity index is 0.00000131. The minimum Gasteiger partial charge on any atom is -0.300 e. The van der Waals surface area contributed by atoms with Gasteiger partial charge in [0, 0.05) is 12.2 Å². The molecule has 0 fully saturated rings. The van der Waals surface area contributed by atoms with Crippen LogP contribution in [0.5, 0.6) is 0 Å². The molecule has 65 heavy (non-hydrogen) atoms. The van der Waals surface area contributed by atoms with Crippen LogP contribution in [-0.4, -0.2) is 25.4 Å². The summed E-state index contributed by atoms with van der Waals surface area (Å²) in [5, 5.41) is 0. The number of nitrogens with one attached hydrogen (secondary N) is 1. The molecule has 0 spiro atoms. The van der Waals surface area contributed by atoms with E-state index in [-0.39, 0.29) is 30.1 Å². The van der Waals surface area contributed by atoms with Crippen LogP contribution in [0.2, 0.25) is 25.3 Å². The molecule has 1 N–H and O–H groups in total. The molecule has 0 saturated heterocycles. The van der Waals surface area contributed by atoms with Gasteiger partial charge in [0.25, 0.3) is 0 Å². The summed E-state index contributed by atoms with van der Waals surface area (Å²) >= 11 is 0. The van der Waals surface area contributed by atoms with E-state index in [0.717, 1.165) is 49.4 Å². The van der Waals surface area contributed by atoms with E-state index in [2.05, 4.69) is 55.4 Å². The first-order valence-electron chi connectivity index (χ1n) is 27.6. The van der Waals surface area contributed by atoms with Gasteiger partial charge in [-0.15, -0.1) is 0 Å². The highest BCUT2D eigenvalue weighted by molar-refractivity contribution is 6.79. The molecule has 0 aliphatic carbocycles. The summed E-state index contributed by atoms with van der Waals surface area (Å²) < 4.78 is 107. The number of quaternary nitrogens is 1. The predicted octanol–water partition coefficient (Wildman–Crippen LogP) is 19.8. The normalized spacial score (nSPS) is 16.0. The van der Waals surface area contributed by atoms with Crippen molar-refractivity contribution in [1.29, 1.82) is 0 Å². The van der Waals surface area contributed by atoms with Gasteiger partial charge in [-0.1, -0.05) is 223 Å². The average Bonchev–Trinajstić information content (AvgIpc) is 3.29. The highest BCUT2D eigenvalue weighted by Gasteiger charge is 2.62. The molecule has 0 bridgehead atoms. The zero-order valence-corrected chi connectivity index (χ0v) is 44.0. The van der Waals surface area contributed by atoms with Crippen LogP contribution in [-0.2, 0) is 5.92 Å². The maximum atomic E-state index is 14.6. The molecule has 0 aliphatic heterocycles. The first-order valence-corrected chi connectivity index (χ1v) is 27.6. The number of unbranched alkanes of at least 4 members (excludes halogenated alkanes) is 5. The molecule has 10 heteroatoms. The van der Waals surface area contributed by atoms with Crippen molar-refractivity contribution in [2.75, 3.05) is 13.1 Å². The smallest absolute Gasteiger partial charge is 0.300 e. The van der Waals surface area contributed by atoms with Crippen LogP contribution >= 0.6 is 0 Å². The van der Waals surface area contributed by atoms with Gasteiger partial charge in [-0.3, -0.25) is 0 Å². The van der Waals surface area contributed by atoms with Gasteiger partial charge in [-0.05, 0) is 42.9 Å². The Morgan fingerprint density at radius 1 is 0.446 bits per heavy atom. The molecule has 0 radical (unpaired) electrons. The zero-order chi connectivity index (χ0) is 49.5. The van der Waals surface area contributed by atoms with Crippen LogP contribution in [0.3, 0.4) is 0 Å². The Hall–Kier alpha value is -1.32. The Kier molecular flexibility index (Phi) is 35.0. The zero-order valence-electron chi connectivity index (χ0n) is 44.0. The number of benzene rings is 1. The van der Waals surface area contributed by atoms with Gasteiger partial charge < -0.3 is 4.90 Å². The second kappa shape index (κ2) is 35.7. The van der Waals surface area contributed by atoms with E-state index >= 15 is 0 Å². The monoisotopic (exact) mass is 940 g/mol. The first kappa shape index (κ1) is 63.7. The molecule has 386 valence electrons. The molecule has 0 amide bonds. The Bertz CT molecular complexity index is 1220. The summed E-state index contributed by atoms with van der Waals surface area (Å²) in [5.74, 6) is -8.16. The topological polar surface area (TPSA) is 4.44 Å². The summed E-state index contributed by atoms with van der Waals surface area (Å²) in [4.78, 5) is 0.186. The highest BCUT2D eigenvalue weighted by Crippen LogP contribution is 2.47. The third-order valence-electron chi connectivity index (χ3n) is 16.0. The van der Waals surface area contributed by atoms with Gasteiger partial charge in [0.05, 0.1) is 13.1 Å². The predicted molar refractivity (Wildman–Crippen MR) is 267 cm³/mol. The lowest BCUT2D eigenvalue weighted by atomic mass is 9.16. The molecule has 6 unspecified atom stereocenters. The quantitative estimate of drug-likeness (QED) is 0.0383. The van der Waals surface area contributed by atoms with Gasteiger partial charge in [-0.2, -0.15) is 51.6 Å². The number of hydrogen-bond donors (Lipinski definition) is 1. The lowest BCUT2D eigenvalue weighted by molar-refractivity contribution is -0.832. The third kappa shape index (κ3) is 23.7. The van der Waals surface area contributed by atoms with Crippen molar-refractivity contribution in [3.05, 3.63) is 29.1 Å². The molecule has 6 atom stereocenters. The number of hydrogen-bond acceptors (Lipinski definition) is 0. The molecule has 0 aliphatic rings. The molecule has 0 saturated carbocycles. The van der Waals surface area contributed by atoms with Crippen molar-refractivity contribution in [3.63, 3.8) is 0 Å². The standard InChI is InChI=1S/C36H76B.C19H25F8N/c1-9-17-21-33(13-5)25-29-37(30-26-34(14-6)22-18-10-2,31-27-35(15-7)23-19-11-3)32-28-36(16-8)24-20-12-4;1-4-7-8-12(5-2)9-10-28(6-3)14-11-13(20)16(21)15(17(14)22)18(23,24)19(25,26)27/h33-36H,9-32H2,1-8H3;11-12H,4-10H2,1-3H3/q-1;/p+1. The van der Waals surface area contributed by atoms with Crippen LogP contribution in [0.25, 0.3) is 0 Å². The summed E-state index contributed by atoms with van der Waals surface area (Å²) in [6.45, 7) is 25.3. The van der Waals surface area contributed by atoms with E-state index in [1.807, 2.05) is 13.8 Å². The number of alkyl halides is 5. The van der Waals surface area contributed by atoms with Gasteiger partial charge in [0.1, 0.15) is 5.56 Å². The Morgan fingerprint density at radius 2 is 0.754 bits per heavy atom. The molecule has 0 aromatic heterocycles. The van der Waals surface area contributed by atoms with Crippen molar-refractivity contribution in [2.45, 2.75) is 274 Å². The summed E-state index contributed by atoms with van der Waals surface area (Å²) in [5.41, 5.74) is -3.30. The van der Waals surface area contributed by atoms with Crippen LogP contribution in [0.1, 0.15) is 242 Å². The van der Waals surface area contributed by atoms with Crippen LogP contribution < -0.4 is 4.90 Å². The number of halogens is 8. The van der Waals surface area contributed by atoms with E-state index in [9.17, 15) is 35.1 Å². The van der Waals surface area contributed by atoms with Gasteiger partial charge >= 0.3 is 12.1 Å². The third-order valence-corrected chi connectivity index (χ3v) is 16.0. The van der Waals surface area contributed by atoms with Crippen molar-refractivity contribution in [3.8, 4) is 0 Å². The van der Waals surface area contributed by atoms with Gasteiger partial charge in [-0.25, -0.2) is 8.78 Å². The second-order valence-corrected chi connectivity index (χ2v) is 20.6. The van der Waals surface area contributed by atoms with Crippen LogP contribution in [0, 0.1) is 47.0 Å². The minimum absolute atomic E-state index is 0.114. The maximum absolute atomic E-state index is 14.6. The van der Waals surface area contributed by atoms with Crippen LogP contribution in [0.4, 0.5) is 40.8 Å². The first-order chi connectivity index (χ1) is 30.9. The minimum atomic E-state index is -6.25. The molecule has 1 aromatic rings. The van der Waals surface area contributed by atoms with Gasteiger partial charge in [0.2, 0.25) is 0 Å². The maximum Gasteiger partial charge on any atom is 0.458 e. The lowest BCUT2D eigenvalue weighted by Gasteiger charge is -2.44. The molecule has 1 nitrogen and oxygen atoms in total. The van der Waals surface area contributed by atoms with E-state index in [0.29, 0.717) is 12.5 Å². The summed E-state index contributed by atoms with van der Waals surface area (Å²) in [6.07, 6.45) is 33.0. The molecule has 1 aromatic carbocycles. The van der Waals surface area contributed by atoms with Crippen molar-refractivity contribution >= 4 is 11.8 Å². The van der Waals surface area contributed by atoms with E-state index < -0.39 is 40.8 Å². The molecule has 0 heterocycles. The Morgan fingerprint density at radius 3 is 1.02 bits per heavy atom. The lowest BCUT2D eigenvalue weighted by Crippen LogP contribution is -3.07. The van der Waals surface area contributed by atoms with Crippen molar-refractivity contribution in [1.82, 2.24) is 0 Å². The molecular formula is C55H102BF8N. The van der Waals surface area contributed by atoms with E-state index in [1.165, 1.54) is 128 Å². The fourth-order valence-electron chi connectivity index (χ4n) is 10.6. The van der Waals surface area contributed by atoms with E-state index in [4.69, 9.17) is 0 Å². The van der Waals surface area contributed by atoms with Crippen molar-refractivity contribution in [2.24, 2.45) is 29.6 Å². The SMILES string of the molecule is CCCCC(CC)CC[B-](CCC(CC)CCCC)(CCC(CC)CCCC)CCC(CC)CCCC.CCCCC(CC)CC[NH+](CC)c1cc(F)c(F)c(C(F)(F)C(F)(F)F)c1F. The second-order valence-electron chi connectivity index (χ2n) is 20.6. The van der Waals surface area contributed by atoms with Crippen molar-refractivity contribution < 1.29 is 40.0 Å². The average molecular weight is 940 g/mol.